The van der Waals surface area contributed by atoms with Gasteiger partial charge in [0.15, 0.2) is 0 Å². The van der Waals surface area contributed by atoms with Crippen LogP contribution < -0.4 is 18.9 Å². The van der Waals surface area contributed by atoms with E-state index in [1.54, 1.807) is 44.6 Å². The van der Waals surface area contributed by atoms with Crippen molar-refractivity contribution in [1.29, 1.82) is 0 Å². The second-order valence-corrected chi connectivity index (χ2v) is 20.4. The Labute approximate surface area is 501 Å². The lowest BCUT2D eigenvalue weighted by atomic mass is 9.98. The quantitative estimate of drug-likeness (QED) is 0.0172. The molecule has 0 amide bonds. The van der Waals surface area contributed by atoms with Crippen molar-refractivity contribution < 1.29 is 77.1 Å². The molecule has 3 unspecified atom stereocenters. The summed E-state index contributed by atoms with van der Waals surface area (Å²) >= 11 is 0. The van der Waals surface area contributed by atoms with Crippen molar-refractivity contribution in [3.63, 3.8) is 0 Å². The van der Waals surface area contributed by atoms with Crippen LogP contribution in [0.5, 0.6) is 28.7 Å². The number of phenolic OH excluding ortho intramolecular Hbond substituents is 1. The summed E-state index contributed by atoms with van der Waals surface area (Å²) < 4.78 is 49.1. The van der Waals surface area contributed by atoms with Crippen LogP contribution in [0.1, 0.15) is 174 Å². The number of phenols is 1. The van der Waals surface area contributed by atoms with E-state index >= 15 is 0 Å². The van der Waals surface area contributed by atoms with Gasteiger partial charge in [-0.3, -0.25) is 9.59 Å². The maximum atomic E-state index is 12.4. The molecule has 6 aromatic rings. The normalized spacial score (nSPS) is 11.7. The number of hydrogen-bond acceptors (Lipinski definition) is 16. The summed E-state index contributed by atoms with van der Waals surface area (Å²) in [5.74, 6) is 1.64. The number of carbonyl (C=O) groups is 4. The lowest BCUT2D eigenvalue weighted by Gasteiger charge is -2.17. The van der Waals surface area contributed by atoms with Gasteiger partial charge in [-0.15, -0.1) is 0 Å². The highest BCUT2D eigenvalue weighted by molar-refractivity contribution is 5.91. The first kappa shape index (κ1) is 69.5. The minimum atomic E-state index is -0.501. The monoisotopic (exact) mass is 1170 g/mol. The Hall–Kier alpha value is -8.02. The maximum Gasteiger partial charge on any atom is 0.343 e. The highest BCUT2D eigenvalue weighted by Gasteiger charge is 2.19. The van der Waals surface area contributed by atoms with E-state index in [4.69, 9.17) is 42.6 Å². The van der Waals surface area contributed by atoms with E-state index in [1.807, 2.05) is 67.6 Å². The Kier molecular flexibility index (Phi) is 29.9. The van der Waals surface area contributed by atoms with Crippen LogP contribution in [0.4, 0.5) is 0 Å². The van der Waals surface area contributed by atoms with Crippen LogP contribution in [0.2, 0.25) is 0 Å². The zero-order chi connectivity index (χ0) is 62.4. The number of hydrogen-bond donors (Lipinski definition) is 3. The summed E-state index contributed by atoms with van der Waals surface area (Å²) in [5.41, 5.74) is 10.2. The molecule has 16 nitrogen and oxygen atoms in total. The topological polar surface area (TPSA) is 212 Å². The number of aromatic hydroxyl groups is 1. The molecule has 3 N–H and O–H groups in total. The smallest absolute Gasteiger partial charge is 0.343 e. The van der Waals surface area contributed by atoms with Crippen molar-refractivity contribution in [3.05, 3.63) is 188 Å². The Morgan fingerprint density at radius 3 is 1.27 bits per heavy atom. The summed E-state index contributed by atoms with van der Waals surface area (Å²) in [6, 6.07) is 33.2. The first-order chi connectivity index (χ1) is 40.8. The molecular formula is C69H86O16. The van der Waals surface area contributed by atoms with Crippen molar-refractivity contribution in [3.8, 4) is 28.7 Å². The number of rotatable bonds is 29. The second kappa shape index (κ2) is 36.6. The molecule has 0 fully saturated rings. The summed E-state index contributed by atoms with van der Waals surface area (Å²) in [4.78, 5) is 47.1. The van der Waals surface area contributed by atoms with E-state index in [1.165, 1.54) is 42.7 Å². The van der Waals surface area contributed by atoms with Gasteiger partial charge in [0, 0.05) is 61.4 Å². The number of methoxy groups -OCH3 is 2. The molecule has 0 aliphatic rings. The molecule has 3 atom stereocenters. The van der Waals surface area contributed by atoms with Crippen LogP contribution in [0, 0.1) is 6.92 Å². The van der Waals surface area contributed by atoms with Gasteiger partial charge in [-0.25, -0.2) is 9.59 Å². The standard InChI is InChI=1S/C25H32O5.C24H30O7.C20H24O4/c1-6-18(3)20-8-10-21(11-9-20)25(26)30-13-12-29-24-22(16-27-4)14-19(7-2)15-23(24)17-28-5;1-5-16(2)19-6-8-23(9-7-19)28-10-11-29-24-20(14-30-17(3)25)12-22(27)13-21(24)15-31-18(4)26;1-4-14(3)15-5-7-16(8-6-15)20(23)24-19-17(11-21)9-13(2)10-18(19)12-22/h7-11,14-15,18H,2,6,12-13,16-17H2,1,3-5H3;6-9,12-13,16,27H,5,10-11,14-15H2,1-4H3;5-10,14,21-22H,4,11-12H2,1-3H3. The summed E-state index contributed by atoms with van der Waals surface area (Å²) in [6.07, 6.45) is 4.94. The molecule has 0 bridgehead atoms. The van der Waals surface area contributed by atoms with Crippen LogP contribution in [-0.4, -0.2) is 79.8 Å². The fourth-order valence-electron chi connectivity index (χ4n) is 8.71. The molecule has 85 heavy (non-hydrogen) atoms. The van der Waals surface area contributed by atoms with E-state index in [0.29, 0.717) is 75.8 Å². The zero-order valence-corrected chi connectivity index (χ0v) is 51.3. The maximum absolute atomic E-state index is 12.4. The highest BCUT2D eigenvalue weighted by atomic mass is 16.6. The number of carbonyl (C=O) groups excluding carboxylic acids is 4. The van der Waals surface area contributed by atoms with E-state index in [0.717, 1.165) is 47.3 Å². The van der Waals surface area contributed by atoms with Crippen LogP contribution in [-0.2, 0) is 72.9 Å². The first-order valence-electron chi connectivity index (χ1n) is 28.6. The molecule has 0 aromatic heterocycles. The fraction of sp³-hybridized carbons (Fsp3) is 0.391. The Morgan fingerprint density at radius 1 is 0.494 bits per heavy atom. The molecule has 6 rings (SSSR count). The average Bonchev–Trinajstić information content (AvgIpc) is 3.68. The molecule has 0 heterocycles. The van der Waals surface area contributed by atoms with E-state index in [-0.39, 0.29) is 70.3 Å². The molecule has 0 saturated heterocycles. The SMILES string of the molecule is C=Cc1cc(COC)c(OCCOC(=O)c2ccc(C(C)CC)cc2)c(COC)c1.CCC(C)c1ccc(C(=O)Oc2c(CO)cc(C)cc2CO)cc1.CCC(C)c1ccc(OCCOc2c(COC(C)=O)cc(O)cc2COC(C)=O)cc1. The lowest BCUT2D eigenvalue weighted by molar-refractivity contribution is -0.142. The molecule has 0 aliphatic heterocycles. The number of aliphatic hydroxyl groups excluding tert-OH is 2. The minimum absolute atomic E-state index is 0.0469. The Morgan fingerprint density at radius 2 is 0.882 bits per heavy atom. The van der Waals surface area contributed by atoms with Crippen molar-refractivity contribution in [2.24, 2.45) is 0 Å². The van der Waals surface area contributed by atoms with Gasteiger partial charge >= 0.3 is 23.9 Å². The summed E-state index contributed by atoms with van der Waals surface area (Å²) in [6.45, 7) is 22.2. The van der Waals surface area contributed by atoms with Gasteiger partial charge < -0.3 is 58.0 Å². The van der Waals surface area contributed by atoms with Crippen LogP contribution in [0.3, 0.4) is 0 Å². The third-order valence-electron chi connectivity index (χ3n) is 14.0. The predicted molar refractivity (Wildman–Crippen MR) is 327 cm³/mol. The van der Waals surface area contributed by atoms with Crippen LogP contribution in [0.15, 0.2) is 116 Å². The predicted octanol–water partition coefficient (Wildman–Crippen LogP) is 13.6. The Bertz CT molecular complexity index is 2970. The third kappa shape index (κ3) is 22.5. The van der Waals surface area contributed by atoms with Crippen molar-refractivity contribution >= 4 is 30.0 Å². The fourth-order valence-corrected chi connectivity index (χ4v) is 8.71. The van der Waals surface area contributed by atoms with Crippen molar-refractivity contribution in [2.45, 2.75) is 139 Å². The summed E-state index contributed by atoms with van der Waals surface area (Å²) in [5, 5.41) is 29.0. The molecular weight excluding hydrogens is 1080 g/mol. The van der Waals surface area contributed by atoms with Crippen molar-refractivity contribution in [2.75, 3.05) is 40.6 Å². The molecule has 0 spiro atoms. The Balaban J connectivity index is 0.000000276. The van der Waals surface area contributed by atoms with Gasteiger partial charge in [-0.1, -0.05) is 108 Å². The lowest BCUT2D eigenvalue weighted by Crippen LogP contribution is -2.14. The van der Waals surface area contributed by atoms with Crippen molar-refractivity contribution in [1.82, 2.24) is 0 Å². The number of esters is 4. The second-order valence-electron chi connectivity index (χ2n) is 20.4. The van der Waals surface area contributed by atoms with Gasteiger partial charge in [0.2, 0.25) is 0 Å². The molecule has 458 valence electrons. The summed E-state index contributed by atoms with van der Waals surface area (Å²) in [7, 11) is 3.27. The van der Waals surface area contributed by atoms with Crippen LogP contribution >= 0.6 is 0 Å². The molecule has 0 radical (unpaired) electrons. The average molecular weight is 1170 g/mol. The van der Waals surface area contributed by atoms with E-state index < -0.39 is 17.9 Å². The number of aliphatic hydroxyl groups is 2. The number of benzene rings is 6. The zero-order valence-electron chi connectivity index (χ0n) is 51.3. The van der Waals surface area contributed by atoms with E-state index in [9.17, 15) is 34.5 Å². The third-order valence-corrected chi connectivity index (χ3v) is 14.0. The molecule has 0 aliphatic carbocycles. The highest BCUT2D eigenvalue weighted by Crippen LogP contribution is 2.33. The first-order valence-corrected chi connectivity index (χ1v) is 28.6. The van der Waals surface area contributed by atoms with Gasteiger partial charge in [-0.2, -0.15) is 0 Å². The molecule has 16 heteroatoms. The van der Waals surface area contributed by atoms with Gasteiger partial charge in [0.25, 0.3) is 0 Å². The molecule has 0 saturated carbocycles. The number of ether oxygens (including phenoxy) is 9. The largest absolute Gasteiger partial charge is 0.508 e. The van der Waals surface area contributed by atoms with E-state index in [2.05, 4.69) is 60.3 Å². The van der Waals surface area contributed by atoms with Gasteiger partial charge in [0.1, 0.15) is 68.4 Å². The van der Waals surface area contributed by atoms with Gasteiger partial charge in [0.05, 0.1) is 37.6 Å². The minimum Gasteiger partial charge on any atom is -0.508 e. The van der Waals surface area contributed by atoms with Crippen LogP contribution in [0.25, 0.3) is 6.08 Å². The number of aryl methyl sites for hydroxylation is 1. The molecule has 6 aromatic carbocycles. The van der Waals surface area contributed by atoms with Gasteiger partial charge in [-0.05, 0) is 127 Å².